The SMILES string of the molecule is CCCC(C)(C)OOC(C)(C)CCC. The van der Waals surface area contributed by atoms with Crippen molar-refractivity contribution in [3.8, 4) is 0 Å². The van der Waals surface area contributed by atoms with Crippen molar-refractivity contribution in [1.29, 1.82) is 0 Å². The van der Waals surface area contributed by atoms with E-state index in [1.165, 1.54) is 0 Å². The van der Waals surface area contributed by atoms with Gasteiger partial charge < -0.3 is 0 Å². The monoisotopic (exact) mass is 202 g/mol. The normalized spacial score (nSPS) is 13.3. The van der Waals surface area contributed by atoms with Crippen molar-refractivity contribution in [1.82, 2.24) is 0 Å². The van der Waals surface area contributed by atoms with E-state index in [4.69, 9.17) is 9.78 Å². The highest BCUT2D eigenvalue weighted by atomic mass is 17.2. The third-order valence-corrected chi connectivity index (χ3v) is 2.20. The van der Waals surface area contributed by atoms with Gasteiger partial charge in [0.15, 0.2) is 0 Å². The molecule has 0 saturated heterocycles. The molecule has 0 bridgehead atoms. The molecule has 0 aromatic carbocycles. The molecule has 0 aliphatic carbocycles. The molecular weight excluding hydrogens is 176 g/mol. The minimum atomic E-state index is -0.167. The summed E-state index contributed by atoms with van der Waals surface area (Å²) < 4.78 is 0. The first kappa shape index (κ1) is 13.9. The molecule has 0 fully saturated rings. The molecule has 0 rings (SSSR count). The quantitative estimate of drug-likeness (QED) is 0.457. The summed E-state index contributed by atoms with van der Waals surface area (Å²) in [6, 6.07) is 0. The number of hydrogen-bond donors (Lipinski definition) is 0. The van der Waals surface area contributed by atoms with E-state index in [1.807, 2.05) is 0 Å². The zero-order chi connectivity index (χ0) is 11.2. The van der Waals surface area contributed by atoms with Crippen molar-refractivity contribution in [2.75, 3.05) is 0 Å². The van der Waals surface area contributed by atoms with Gasteiger partial charge >= 0.3 is 0 Å². The number of hydrogen-bond acceptors (Lipinski definition) is 2. The maximum atomic E-state index is 5.49. The van der Waals surface area contributed by atoms with Crippen LogP contribution in [0.3, 0.4) is 0 Å². The van der Waals surface area contributed by atoms with E-state index >= 15 is 0 Å². The van der Waals surface area contributed by atoms with Crippen LogP contribution in [0.4, 0.5) is 0 Å². The van der Waals surface area contributed by atoms with Gasteiger partial charge in [-0.3, -0.25) is 0 Å². The maximum absolute atomic E-state index is 5.49. The van der Waals surface area contributed by atoms with Crippen molar-refractivity contribution >= 4 is 0 Å². The molecule has 0 radical (unpaired) electrons. The molecule has 0 heterocycles. The molecule has 14 heavy (non-hydrogen) atoms. The molecule has 86 valence electrons. The van der Waals surface area contributed by atoms with E-state index in [-0.39, 0.29) is 11.2 Å². The molecule has 2 heteroatoms. The Kier molecular flexibility index (Phi) is 5.68. The average Bonchev–Trinajstić information content (AvgIpc) is 2.01. The van der Waals surface area contributed by atoms with Gasteiger partial charge in [-0.05, 0) is 40.5 Å². The van der Waals surface area contributed by atoms with Crippen LogP contribution in [0.2, 0.25) is 0 Å². The fourth-order valence-electron chi connectivity index (χ4n) is 1.51. The van der Waals surface area contributed by atoms with Crippen LogP contribution in [0.1, 0.15) is 67.2 Å². The van der Waals surface area contributed by atoms with Gasteiger partial charge in [0.2, 0.25) is 0 Å². The van der Waals surface area contributed by atoms with Crippen LogP contribution in [-0.2, 0) is 9.78 Å². The molecule has 2 nitrogen and oxygen atoms in total. The van der Waals surface area contributed by atoms with Gasteiger partial charge in [0.05, 0.1) is 11.2 Å². The predicted octanol–water partition coefficient (Wildman–Crippen LogP) is 4.09. The number of rotatable bonds is 7. The molecule has 0 spiro atoms. The first-order valence-electron chi connectivity index (χ1n) is 5.70. The van der Waals surface area contributed by atoms with Crippen LogP contribution in [0.25, 0.3) is 0 Å². The van der Waals surface area contributed by atoms with Crippen LogP contribution in [-0.4, -0.2) is 11.2 Å². The van der Waals surface area contributed by atoms with Crippen LogP contribution in [0, 0.1) is 0 Å². The molecule has 0 aliphatic rings. The first-order valence-corrected chi connectivity index (χ1v) is 5.70. The van der Waals surface area contributed by atoms with Gasteiger partial charge in [0.1, 0.15) is 0 Å². The highest BCUT2D eigenvalue weighted by Crippen LogP contribution is 2.23. The van der Waals surface area contributed by atoms with E-state index < -0.39 is 0 Å². The lowest BCUT2D eigenvalue weighted by Gasteiger charge is -2.30. The standard InChI is InChI=1S/C12H26O2/c1-7-9-11(3,4)13-14-12(5,6)10-8-2/h7-10H2,1-6H3. The minimum Gasteiger partial charge on any atom is -0.230 e. The van der Waals surface area contributed by atoms with Crippen molar-refractivity contribution in [3.63, 3.8) is 0 Å². The van der Waals surface area contributed by atoms with Crippen molar-refractivity contribution in [2.24, 2.45) is 0 Å². The van der Waals surface area contributed by atoms with Crippen LogP contribution in [0.5, 0.6) is 0 Å². The summed E-state index contributed by atoms with van der Waals surface area (Å²) in [5.41, 5.74) is -0.334. The fraction of sp³-hybridized carbons (Fsp3) is 1.00. The van der Waals surface area contributed by atoms with Crippen LogP contribution < -0.4 is 0 Å². The van der Waals surface area contributed by atoms with Gasteiger partial charge in [-0.1, -0.05) is 26.7 Å². The van der Waals surface area contributed by atoms with Gasteiger partial charge in [-0.15, -0.1) is 0 Å². The highest BCUT2D eigenvalue weighted by Gasteiger charge is 2.25. The Morgan fingerprint density at radius 1 is 0.714 bits per heavy atom. The van der Waals surface area contributed by atoms with E-state index in [0.29, 0.717) is 0 Å². The molecule has 0 aromatic rings. The van der Waals surface area contributed by atoms with E-state index in [0.717, 1.165) is 25.7 Å². The second kappa shape index (κ2) is 5.72. The smallest absolute Gasteiger partial charge is 0.0980 e. The lowest BCUT2D eigenvalue weighted by atomic mass is 10.0. The maximum Gasteiger partial charge on any atom is 0.0980 e. The molecule has 0 atom stereocenters. The summed E-state index contributed by atoms with van der Waals surface area (Å²) >= 11 is 0. The van der Waals surface area contributed by atoms with Crippen LogP contribution >= 0.6 is 0 Å². The largest absolute Gasteiger partial charge is 0.230 e. The zero-order valence-electron chi connectivity index (χ0n) is 10.6. The average molecular weight is 202 g/mol. The predicted molar refractivity (Wildman–Crippen MR) is 60.1 cm³/mol. The molecular formula is C12H26O2. The summed E-state index contributed by atoms with van der Waals surface area (Å²) in [5, 5.41) is 0. The zero-order valence-corrected chi connectivity index (χ0v) is 10.6. The summed E-state index contributed by atoms with van der Waals surface area (Å²) in [6.07, 6.45) is 4.28. The first-order chi connectivity index (χ1) is 6.33. The van der Waals surface area contributed by atoms with E-state index in [2.05, 4.69) is 41.5 Å². The Hall–Kier alpha value is -0.0800. The van der Waals surface area contributed by atoms with Crippen molar-refractivity contribution in [2.45, 2.75) is 78.4 Å². The van der Waals surface area contributed by atoms with Gasteiger partial charge in [0.25, 0.3) is 0 Å². The molecule has 0 saturated carbocycles. The Morgan fingerprint density at radius 2 is 1.00 bits per heavy atom. The summed E-state index contributed by atoms with van der Waals surface area (Å²) in [4.78, 5) is 11.0. The Labute approximate surface area is 88.9 Å². The second-order valence-electron chi connectivity index (χ2n) is 5.19. The third kappa shape index (κ3) is 6.39. The molecule has 0 amide bonds. The van der Waals surface area contributed by atoms with Gasteiger partial charge in [-0.2, -0.15) is 0 Å². The van der Waals surface area contributed by atoms with Gasteiger partial charge in [-0.25, -0.2) is 9.78 Å². The van der Waals surface area contributed by atoms with E-state index in [1.54, 1.807) is 0 Å². The lowest BCUT2D eigenvalue weighted by molar-refractivity contribution is -0.402. The molecule has 0 N–H and O–H groups in total. The summed E-state index contributed by atoms with van der Waals surface area (Å²) in [7, 11) is 0. The summed E-state index contributed by atoms with van der Waals surface area (Å²) in [6.45, 7) is 12.6. The van der Waals surface area contributed by atoms with E-state index in [9.17, 15) is 0 Å². The van der Waals surface area contributed by atoms with Crippen molar-refractivity contribution in [3.05, 3.63) is 0 Å². The molecule has 0 aromatic heterocycles. The Bertz CT molecular complexity index is 132. The fourth-order valence-corrected chi connectivity index (χ4v) is 1.51. The second-order valence-corrected chi connectivity index (χ2v) is 5.19. The third-order valence-electron chi connectivity index (χ3n) is 2.20. The highest BCUT2D eigenvalue weighted by molar-refractivity contribution is 4.68. The topological polar surface area (TPSA) is 18.5 Å². The lowest BCUT2D eigenvalue weighted by Crippen LogP contribution is -2.32. The Morgan fingerprint density at radius 3 is 1.21 bits per heavy atom. The molecule has 0 aliphatic heterocycles. The van der Waals surface area contributed by atoms with Crippen LogP contribution in [0.15, 0.2) is 0 Å². The van der Waals surface area contributed by atoms with Gasteiger partial charge in [0, 0.05) is 0 Å². The summed E-state index contributed by atoms with van der Waals surface area (Å²) in [5.74, 6) is 0. The molecule has 0 unspecified atom stereocenters. The van der Waals surface area contributed by atoms with Crippen molar-refractivity contribution < 1.29 is 9.78 Å². The Balaban J connectivity index is 3.90. The minimum absolute atomic E-state index is 0.167.